The van der Waals surface area contributed by atoms with Crippen molar-refractivity contribution in [2.24, 2.45) is 0 Å². The third kappa shape index (κ3) is 73.5. The molecule has 0 bridgehead atoms. The van der Waals surface area contributed by atoms with Gasteiger partial charge in [-0.2, -0.15) is 0 Å². The van der Waals surface area contributed by atoms with Gasteiger partial charge in [0.05, 0.1) is 39.9 Å². The van der Waals surface area contributed by atoms with Crippen LogP contribution in [0.25, 0.3) is 0 Å². The number of hydrogen-bond donors (Lipinski definition) is 3. The van der Waals surface area contributed by atoms with Crippen LogP contribution in [-0.4, -0.2) is 73.4 Å². The number of rotatable bonds is 73. The van der Waals surface area contributed by atoms with Crippen molar-refractivity contribution >= 4 is 13.7 Å². The molecule has 0 aliphatic carbocycles. The van der Waals surface area contributed by atoms with E-state index in [2.05, 4.69) is 67.8 Å². The van der Waals surface area contributed by atoms with E-state index in [1.165, 1.54) is 315 Å². The number of carbonyl (C=O) groups excluding carboxylic acids is 1. The molecule has 1 amide bonds. The SMILES string of the molecule is CC/C=C\C/C=C\C/C=C\C/C=C\CCCCCCCCCCCCCCCCCCCCCCCCC(=O)NC(COP(=O)(O)OCC[N+](C)(C)C)C(O)/C=C/CCCCCCCCCCCCCCCCCCCCCCCCCCCCCCCC. The normalized spacial score (nSPS) is 13.8. The van der Waals surface area contributed by atoms with Gasteiger partial charge in [-0.3, -0.25) is 13.8 Å². The van der Waals surface area contributed by atoms with Crippen LogP contribution in [-0.2, 0) is 18.4 Å². The van der Waals surface area contributed by atoms with Crippen LogP contribution < -0.4 is 5.32 Å². The van der Waals surface area contributed by atoms with Gasteiger partial charge in [0, 0.05) is 6.42 Å². The van der Waals surface area contributed by atoms with Crippen molar-refractivity contribution < 1.29 is 32.9 Å². The number of unbranched alkanes of at least 4 members (excludes halogenated alkanes) is 52. The quantitative estimate of drug-likeness (QED) is 0.0243. The molecule has 0 rings (SSSR count). The van der Waals surface area contributed by atoms with Crippen molar-refractivity contribution in [1.82, 2.24) is 5.32 Å². The molecule has 0 aromatic carbocycles. The Kier molecular flexibility index (Phi) is 69.1. The monoisotopic (exact) mass is 1270 g/mol. The average Bonchev–Trinajstić information content (AvgIpc) is 3.64. The highest BCUT2D eigenvalue weighted by molar-refractivity contribution is 7.47. The first-order valence-electron chi connectivity index (χ1n) is 39.2. The lowest BCUT2D eigenvalue weighted by molar-refractivity contribution is -0.870. The van der Waals surface area contributed by atoms with E-state index in [0.29, 0.717) is 17.4 Å². The van der Waals surface area contributed by atoms with Gasteiger partial charge in [0.1, 0.15) is 13.2 Å². The molecule has 0 fully saturated rings. The lowest BCUT2D eigenvalue weighted by atomic mass is 10.0. The maximum Gasteiger partial charge on any atom is 0.472 e. The molecule has 3 unspecified atom stereocenters. The van der Waals surface area contributed by atoms with E-state index in [-0.39, 0.29) is 19.1 Å². The van der Waals surface area contributed by atoms with Gasteiger partial charge in [-0.25, -0.2) is 4.57 Å². The molecule has 0 spiro atoms. The standard InChI is InChI=1S/C80H153N2O6P/c1-6-8-10-12-14-16-18-20-22-24-26-28-30-32-34-36-38-40-41-42-44-46-48-50-52-54-56-58-60-62-64-66-68-70-72-74-80(84)81-78(77-88-89(85,86)87-76-75-82(3,4)5)79(83)73-71-69-67-65-63-61-59-57-55-53-51-49-47-45-43-39-37-35-33-31-29-27-25-23-21-19-17-15-13-11-9-7-2/h8,10,14,16,20,22,26,28,71,73,78-79,83H,6-7,9,11-13,15,17-19,21,23-25,27,29-70,72,74-77H2,1-5H3,(H-,81,84,85,86)/p+1/b10-8-,16-14-,22-20-,28-26-,73-71+. The topological polar surface area (TPSA) is 105 Å². The van der Waals surface area contributed by atoms with Crippen LogP contribution in [0.4, 0.5) is 0 Å². The summed E-state index contributed by atoms with van der Waals surface area (Å²) in [4.78, 5) is 23.5. The zero-order valence-electron chi connectivity index (χ0n) is 60.2. The zero-order chi connectivity index (χ0) is 64.8. The Hall–Kier alpha value is -1.80. The Morgan fingerprint density at radius 2 is 0.674 bits per heavy atom. The summed E-state index contributed by atoms with van der Waals surface area (Å²) in [6, 6.07) is -0.849. The van der Waals surface area contributed by atoms with Crippen LogP contribution in [0.5, 0.6) is 0 Å². The summed E-state index contributed by atoms with van der Waals surface area (Å²) in [6.07, 6.45) is 98.4. The molecular formula is C80H154N2O6P+. The van der Waals surface area contributed by atoms with E-state index in [9.17, 15) is 19.4 Å². The number of quaternary nitrogens is 1. The Bertz CT molecular complexity index is 1640. The van der Waals surface area contributed by atoms with Crippen LogP contribution in [0, 0.1) is 0 Å². The summed E-state index contributed by atoms with van der Waals surface area (Å²) in [5.74, 6) is -0.169. The second-order valence-corrected chi connectivity index (χ2v) is 29.5. The fourth-order valence-electron chi connectivity index (χ4n) is 12.0. The number of amides is 1. The highest BCUT2D eigenvalue weighted by atomic mass is 31.2. The van der Waals surface area contributed by atoms with E-state index in [1.807, 2.05) is 27.2 Å². The fourth-order valence-corrected chi connectivity index (χ4v) is 12.7. The molecule has 0 radical (unpaired) electrons. The summed E-state index contributed by atoms with van der Waals surface area (Å²) >= 11 is 0. The van der Waals surface area contributed by atoms with Crippen LogP contribution in [0.1, 0.15) is 393 Å². The minimum atomic E-state index is -4.36. The summed E-state index contributed by atoms with van der Waals surface area (Å²) in [7, 11) is 1.59. The van der Waals surface area contributed by atoms with Crippen molar-refractivity contribution in [3.05, 3.63) is 60.8 Å². The number of nitrogens with zero attached hydrogens (tertiary/aromatic N) is 1. The maximum absolute atomic E-state index is 13.1. The summed E-state index contributed by atoms with van der Waals surface area (Å²) < 4.78 is 23.9. The highest BCUT2D eigenvalue weighted by Crippen LogP contribution is 2.43. The summed E-state index contributed by atoms with van der Waals surface area (Å²) in [5.41, 5.74) is 0. The van der Waals surface area contributed by atoms with Gasteiger partial charge in [0.2, 0.25) is 5.91 Å². The van der Waals surface area contributed by atoms with Crippen LogP contribution in [0.15, 0.2) is 60.8 Å². The largest absolute Gasteiger partial charge is 0.472 e. The molecule has 0 aliphatic rings. The first kappa shape index (κ1) is 87.2. The number of likely N-dealkylation sites (N-methyl/N-ethyl adjacent to an activating group) is 1. The Morgan fingerprint density at radius 1 is 0.393 bits per heavy atom. The average molecular weight is 1270 g/mol. The first-order valence-corrected chi connectivity index (χ1v) is 40.7. The molecule has 0 heterocycles. The number of hydrogen-bond acceptors (Lipinski definition) is 5. The molecule has 8 nitrogen and oxygen atoms in total. The molecular weight excluding hydrogens is 1120 g/mol. The Labute approximate surface area is 555 Å². The number of phosphoric acid groups is 1. The minimum absolute atomic E-state index is 0.0628. The molecule has 524 valence electrons. The molecule has 89 heavy (non-hydrogen) atoms. The third-order valence-corrected chi connectivity index (χ3v) is 19.0. The van der Waals surface area contributed by atoms with Gasteiger partial charge in [-0.05, 0) is 57.8 Å². The summed E-state index contributed by atoms with van der Waals surface area (Å²) in [5, 5.41) is 14.1. The molecule has 0 aliphatic heterocycles. The molecule has 3 N–H and O–H groups in total. The van der Waals surface area contributed by atoms with Crippen molar-refractivity contribution in [3.8, 4) is 0 Å². The lowest BCUT2D eigenvalue weighted by Crippen LogP contribution is -2.45. The van der Waals surface area contributed by atoms with Gasteiger partial charge in [0.15, 0.2) is 0 Å². The number of aliphatic hydroxyl groups is 1. The fraction of sp³-hybridized carbons (Fsp3) is 0.863. The first-order chi connectivity index (χ1) is 43.5. The van der Waals surface area contributed by atoms with Gasteiger partial charge < -0.3 is 19.8 Å². The van der Waals surface area contributed by atoms with E-state index in [1.54, 1.807) is 6.08 Å². The number of phosphoric ester groups is 1. The second kappa shape index (κ2) is 70.5. The second-order valence-electron chi connectivity index (χ2n) is 28.1. The van der Waals surface area contributed by atoms with E-state index < -0.39 is 20.0 Å². The van der Waals surface area contributed by atoms with Gasteiger partial charge in [0.25, 0.3) is 0 Å². The van der Waals surface area contributed by atoms with Crippen LogP contribution >= 0.6 is 7.82 Å². The predicted molar refractivity (Wildman–Crippen MR) is 392 cm³/mol. The highest BCUT2D eigenvalue weighted by Gasteiger charge is 2.28. The maximum atomic E-state index is 13.1. The Morgan fingerprint density at radius 3 is 0.989 bits per heavy atom. The van der Waals surface area contributed by atoms with E-state index in [4.69, 9.17) is 9.05 Å². The molecule has 0 saturated heterocycles. The smallest absolute Gasteiger partial charge is 0.387 e. The number of allylic oxidation sites excluding steroid dienone is 9. The molecule has 9 heteroatoms. The molecule has 0 aromatic heterocycles. The number of aliphatic hydroxyl groups excluding tert-OH is 1. The van der Waals surface area contributed by atoms with Gasteiger partial charge in [-0.15, -0.1) is 0 Å². The van der Waals surface area contributed by atoms with Crippen LogP contribution in [0.2, 0.25) is 0 Å². The van der Waals surface area contributed by atoms with Crippen molar-refractivity contribution in [1.29, 1.82) is 0 Å². The van der Waals surface area contributed by atoms with E-state index in [0.717, 1.165) is 57.8 Å². The van der Waals surface area contributed by atoms with Crippen molar-refractivity contribution in [2.75, 3.05) is 40.9 Å². The molecule has 0 saturated carbocycles. The number of nitrogens with one attached hydrogen (secondary N) is 1. The molecule has 3 atom stereocenters. The molecule has 0 aromatic rings. The summed E-state index contributed by atoms with van der Waals surface area (Å²) in [6.45, 7) is 4.76. The lowest BCUT2D eigenvalue weighted by Gasteiger charge is -2.25. The van der Waals surface area contributed by atoms with Crippen LogP contribution in [0.3, 0.4) is 0 Å². The van der Waals surface area contributed by atoms with Crippen molar-refractivity contribution in [2.45, 2.75) is 405 Å². The van der Waals surface area contributed by atoms with Crippen molar-refractivity contribution in [3.63, 3.8) is 0 Å². The zero-order valence-corrected chi connectivity index (χ0v) is 61.1. The van der Waals surface area contributed by atoms with E-state index >= 15 is 0 Å². The van der Waals surface area contributed by atoms with Gasteiger partial charge >= 0.3 is 7.82 Å². The third-order valence-electron chi connectivity index (χ3n) is 18.0. The number of carbonyl (C=O) groups is 1. The Balaban J connectivity index is 3.97. The minimum Gasteiger partial charge on any atom is -0.387 e. The predicted octanol–water partition coefficient (Wildman–Crippen LogP) is 25.5. The van der Waals surface area contributed by atoms with Gasteiger partial charge in [-0.1, -0.05) is 389 Å².